The quantitative estimate of drug-likeness (QED) is 0.264. The Kier molecular flexibility index (Phi) is 12.2. The van der Waals surface area contributed by atoms with Gasteiger partial charge in [0.2, 0.25) is 5.91 Å². The van der Waals surface area contributed by atoms with Gasteiger partial charge >= 0.3 is 12.1 Å². The van der Waals surface area contributed by atoms with Gasteiger partial charge in [-0.3, -0.25) is 14.4 Å². The molecule has 2 heterocycles. The molecule has 1 aliphatic heterocycles. The number of rotatable bonds is 7. The van der Waals surface area contributed by atoms with E-state index in [9.17, 15) is 37.1 Å². The standard InChI is InChI=1S/C36H44F4N4O4/c1-22-15-25-18-26(16-22)34-23(2)17-27(37)19-24(34)11-8-6-5-7-9-13-31(35(48)41-30(25)21-33(46)47)44-32(45)20-28(36(38,39)40)29(42-44)12-10-14-43(3)4/h15-20,30-31H,5-14,21H2,1-4H3,(H,41,48)(H,46,47)/t30-,31-/m0/s1. The third-order valence-corrected chi connectivity index (χ3v) is 8.75. The summed E-state index contributed by atoms with van der Waals surface area (Å²) in [6.07, 6.45) is -0.669. The maximum Gasteiger partial charge on any atom is 0.418 e. The van der Waals surface area contributed by atoms with Crippen molar-refractivity contribution >= 4 is 11.9 Å². The van der Waals surface area contributed by atoms with Crippen molar-refractivity contribution in [2.75, 3.05) is 20.6 Å². The molecule has 0 unspecified atom stereocenters. The van der Waals surface area contributed by atoms with E-state index in [0.29, 0.717) is 43.9 Å². The van der Waals surface area contributed by atoms with E-state index >= 15 is 0 Å². The number of aliphatic carboxylic acids is 1. The molecule has 8 nitrogen and oxygen atoms in total. The number of carbonyl (C=O) groups excluding carboxylic acids is 1. The van der Waals surface area contributed by atoms with Crippen LogP contribution >= 0.6 is 0 Å². The second-order valence-electron chi connectivity index (χ2n) is 13.1. The van der Waals surface area contributed by atoms with E-state index in [2.05, 4.69) is 10.4 Å². The predicted molar refractivity (Wildman–Crippen MR) is 175 cm³/mol. The van der Waals surface area contributed by atoms with Crippen molar-refractivity contribution in [1.82, 2.24) is 20.0 Å². The number of carboxylic acids is 1. The first kappa shape index (κ1) is 36.8. The van der Waals surface area contributed by atoms with Crippen LogP contribution in [0, 0.1) is 19.7 Å². The number of amides is 1. The molecule has 2 bridgehead atoms. The van der Waals surface area contributed by atoms with Crippen LogP contribution in [0.3, 0.4) is 0 Å². The third kappa shape index (κ3) is 9.52. The van der Waals surface area contributed by atoms with Crippen LogP contribution in [-0.2, 0) is 28.6 Å². The number of carbonyl (C=O) groups is 2. The van der Waals surface area contributed by atoms with Gasteiger partial charge in [-0.15, -0.1) is 0 Å². The first-order valence-electron chi connectivity index (χ1n) is 16.4. The number of aromatic nitrogens is 2. The minimum atomic E-state index is -4.81. The van der Waals surface area contributed by atoms with Gasteiger partial charge in [0.25, 0.3) is 5.56 Å². The number of benzene rings is 2. The number of aryl methyl sites for hydroxylation is 4. The average Bonchev–Trinajstić information content (AvgIpc) is 2.97. The van der Waals surface area contributed by atoms with Gasteiger partial charge in [0, 0.05) is 6.07 Å². The number of nitrogens with zero attached hydrogens (tertiary/aromatic N) is 3. The highest BCUT2D eigenvalue weighted by molar-refractivity contribution is 5.82. The summed E-state index contributed by atoms with van der Waals surface area (Å²) >= 11 is 0. The van der Waals surface area contributed by atoms with Gasteiger partial charge in [0.1, 0.15) is 11.9 Å². The highest BCUT2D eigenvalue weighted by atomic mass is 19.4. The van der Waals surface area contributed by atoms with Gasteiger partial charge < -0.3 is 15.3 Å². The Balaban J connectivity index is 1.82. The van der Waals surface area contributed by atoms with Gasteiger partial charge in [-0.05, 0) is 113 Å². The van der Waals surface area contributed by atoms with E-state index in [-0.39, 0.29) is 24.4 Å². The van der Waals surface area contributed by atoms with Crippen molar-refractivity contribution in [3.05, 3.63) is 86.1 Å². The van der Waals surface area contributed by atoms with E-state index in [0.717, 1.165) is 51.8 Å². The molecule has 2 N–H and O–H groups in total. The molecule has 0 saturated heterocycles. The van der Waals surface area contributed by atoms with Gasteiger partial charge in [-0.2, -0.15) is 18.3 Å². The molecule has 3 aromatic rings. The SMILES string of the molecule is Cc1cc2cc(c1)[C@H](CC(=O)O)NC(=O)[C@@H](n1nc(CCCN(C)C)c(C(F)(F)F)cc1=O)CCCCCCCc1cc(F)cc(C)c1-2. The van der Waals surface area contributed by atoms with Crippen molar-refractivity contribution < 1.29 is 32.3 Å². The van der Waals surface area contributed by atoms with E-state index in [1.54, 1.807) is 26.2 Å². The van der Waals surface area contributed by atoms with Crippen molar-refractivity contribution in [3.8, 4) is 11.1 Å². The zero-order valence-corrected chi connectivity index (χ0v) is 27.9. The largest absolute Gasteiger partial charge is 0.481 e. The first-order chi connectivity index (χ1) is 22.6. The van der Waals surface area contributed by atoms with Crippen LogP contribution in [0.1, 0.15) is 97.0 Å². The van der Waals surface area contributed by atoms with E-state index < -0.39 is 47.7 Å². The zero-order valence-electron chi connectivity index (χ0n) is 27.9. The van der Waals surface area contributed by atoms with E-state index in [4.69, 9.17) is 0 Å². The van der Waals surface area contributed by atoms with Crippen molar-refractivity contribution in [2.24, 2.45) is 0 Å². The smallest absolute Gasteiger partial charge is 0.418 e. The molecule has 0 spiro atoms. The molecular weight excluding hydrogens is 628 g/mol. The van der Waals surface area contributed by atoms with Gasteiger partial charge in [-0.1, -0.05) is 43.4 Å². The number of nitrogens with one attached hydrogen (secondary N) is 1. The molecule has 48 heavy (non-hydrogen) atoms. The van der Waals surface area contributed by atoms with Crippen molar-refractivity contribution in [3.63, 3.8) is 0 Å². The number of alkyl halides is 3. The molecule has 12 heteroatoms. The number of halogens is 4. The van der Waals surface area contributed by atoms with E-state index in [1.165, 1.54) is 12.1 Å². The lowest BCUT2D eigenvalue weighted by Crippen LogP contribution is -2.41. The number of fused-ring (bicyclic) bond motifs is 4. The van der Waals surface area contributed by atoms with Gasteiger partial charge in [0.05, 0.1) is 23.7 Å². The Morgan fingerprint density at radius 3 is 2.42 bits per heavy atom. The molecule has 1 aromatic heterocycles. The Hall–Kier alpha value is -4.06. The molecule has 260 valence electrons. The second kappa shape index (κ2) is 15.9. The fourth-order valence-corrected chi connectivity index (χ4v) is 6.55. The minimum absolute atomic E-state index is 0.0554. The van der Waals surface area contributed by atoms with Crippen LogP contribution in [0.25, 0.3) is 11.1 Å². The normalized spacial score (nSPS) is 18.0. The summed E-state index contributed by atoms with van der Waals surface area (Å²) in [5.74, 6) is -2.21. The van der Waals surface area contributed by atoms with Gasteiger partial charge in [0.15, 0.2) is 0 Å². The van der Waals surface area contributed by atoms with Crippen molar-refractivity contribution in [1.29, 1.82) is 0 Å². The molecule has 0 fully saturated rings. The topological polar surface area (TPSA) is 105 Å². The minimum Gasteiger partial charge on any atom is -0.481 e. The Labute approximate surface area is 278 Å². The molecule has 2 aromatic carbocycles. The fraction of sp³-hybridized carbons (Fsp3) is 0.500. The van der Waals surface area contributed by atoms with E-state index in [1.807, 2.05) is 24.8 Å². The average molecular weight is 673 g/mol. The summed E-state index contributed by atoms with van der Waals surface area (Å²) in [4.78, 5) is 41.2. The lowest BCUT2D eigenvalue weighted by Gasteiger charge is -2.25. The Morgan fingerprint density at radius 1 is 1.02 bits per heavy atom. The highest BCUT2D eigenvalue weighted by Crippen LogP contribution is 2.35. The Bertz CT molecular complexity index is 1690. The maximum atomic E-state index is 14.5. The van der Waals surface area contributed by atoms with Crippen LogP contribution in [0.2, 0.25) is 0 Å². The molecule has 1 amide bonds. The monoisotopic (exact) mass is 672 g/mol. The number of hydrogen-bond donors (Lipinski definition) is 2. The third-order valence-electron chi connectivity index (χ3n) is 8.75. The summed E-state index contributed by atoms with van der Waals surface area (Å²) in [7, 11) is 3.60. The highest BCUT2D eigenvalue weighted by Gasteiger charge is 2.36. The molecular formula is C36H44F4N4O4. The van der Waals surface area contributed by atoms with Gasteiger partial charge in [-0.25, -0.2) is 9.07 Å². The van der Waals surface area contributed by atoms with Crippen molar-refractivity contribution in [2.45, 2.75) is 96.3 Å². The van der Waals surface area contributed by atoms with Crippen LogP contribution in [-0.4, -0.2) is 52.3 Å². The fourth-order valence-electron chi connectivity index (χ4n) is 6.55. The number of carboxylic acid groups (broad SMARTS) is 1. The van der Waals surface area contributed by atoms with Crippen LogP contribution < -0.4 is 10.9 Å². The summed E-state index contributed by atoms with van der Waals surface area (Å²) in [6, 6.07) is 6.71. The summed E-state index contributed by atoms with van der Waals surface area (Å²) in [6.45, 7) is 4.17. The zero-order chi connectivity index (χ0) is 35.2. The molecule has 0 radical (unpaired) electrons. The maximum absolute atomic E-state index is 14.5. The Morgan fingerprint density at radius 2 is 1.73 bits per heavy atom. The van der Waals surface area contributed by atoms with Crippen LogP contribution in [0.15, 0.2) is 41.2 Å². The first-order valence-corrected chi connectivity index (χ1v) is 16.4. The molecule has 4 rings (SSSR count). The summed E-state index contributed by atoms with van der Waals surface area (Å²) < 4.78 is 57.4. The molecule has 2 atom stereocenters. The summed E-state index contributed by atoms with van der Waals surface area (Å²) in [5.41, 5.74) is 1.99. The predicted octanol–water partition coefficient (Wildman–Crippen LogP) is 6.95. The second-order valence-corrected chi connectivity index (χ2v) is 13.1. The van der Waals surface area contributed by atoms with Crippen LogP contribution in [0.5, 0.6) is 0 Å². The van der Waals surface area contributed by atoms with Crippen LogP contribution in [0.4, 0.5) is 17.6 Å². The number of hydrogen-bond acceptors (Lipinski definition) is 5. The lowest BCUT2D eigenvalue weighted by atomic mass is 9.88. The molecule has 0 aliphatic carbocycles. The molecule has 1 aliphatic rings. The lowest BCUT2D eigenvalue weighted by molar-refractivity contribution is -0.139. The summed E-state index contributed by atoms with van der Waals surface area (Å²) in [5, 5.41) is 16.8. The molecule has 0 saturated carbocycles.